The van der Waals surface area contributed by atoms with Crippen LogP contribution in [0.25, 0.3) is 5.76 Å². The van der Waals surface area contributed by atoms with Gasteiger partial charge in [0.1, 0.15) is 29.1 Å². The summed E-state index contributed by atoms with van der Waals surface area (Å²) < 4.78 is 11.4. The highest BCUT2D eigenvalue weighted by molar-refractivity contribution is 6.46. The fraction of sp³-hybridized carbons (Fsp3) is 0.417. The Hall–Kier alpha value is -3.06. The van der Waals surface area contributed by atoms with E-state index in [9.17, 15) is 14.7 Å². The number of aryl methyl sites for hydroxylation is 1. The number of hydrogen-bond donors (Lipinski definition) is 2. The molecule has 0 saturated carbocycles. The first-order valence-electron chi connectivity index (χ1n) is 10.6. The molecule has 0 unspecified atom stereocenters. The number of hydrogen-bond acceptors (Lipinski definition) is 5. The molecule has 1 aliphatic rings. The minimum absolute atomic E-state index is 0.0240. The quantitative estimate of drug-likeness (QED) is 0.384. The molecule has 0 radical (unpaired) electrons. The van der Waals surface area contributed by atoms with Crippen molar-refractivity contribution in [2.75, 3.05) is 27.2 Å². The molecule has 1 atom stereocenters. The van der Waals surface area contributed by atoms with E-state index < -0.39 is 17.7 Å². The fourth-order valence-electron chi connectivity index (χ4n) is 3.73. The second-order valence-corrected chi connectivity index (χ2v) is 8.44. The van der Waals surface area contributed by atoms with Gasteiger partial charge in [-0.3, -0.25) is 9.59 Å². The Labute approximate surface area is 182 Å². The van der Waals surface area contributed by atoms with E-state index in [0.29, 0.717) is 29.4 Å². The van der Waals surface area contributed by atoms with Crippen molar-refractivity contribution in [1.29, 1.82) is 0 Å². The first-order valence-corrected chi connectivity index (χ1v) is 10.6. The number of nitrogens with zero attached hydrogens (tertiary/aromatic N) is 1. The predicted molar refractivity (Wildman–Crippen MR) is 117 cm³/mol. The van der Waals surface area contributed by atoms with E-state index in [2.05, 4.69) is 0 Å². The third-order valence-corrected chi connectivity index (χ3v) is 5.15. The highest BCUT2D eigenvalue weighted by Crippen LogP contribution is 2.40. The van der Waals surface area contributed by atoms with Gasteiger partial charge in [-0.2, -0.15) is 0 Å². The van der Waals surface area contributed by atoms with E-state index in [4.69, 9.17) is 9.15 Å². The smallest absolute Gasteiger partial charge is 0.295 e. The molecule has 7 nitrogen and oxygen atoms in total. The van der Waals surface area contributed by atoms with Crippen molar-refractivity contribution in [3.05, 3.63) is 59.1 Å². The minimum Gasteiger partial charge on any atom is -0.507 e. The number of aliphatic hydroxyl groups excluding tert-OH is 1. The van der Waals surface area contributed by atoms with Crippen LogP contribution in [0.2, 0.25) is 0 Å². The fourth-order valence-corrected chi connectivity index (χ4v) is 3.73. The maximum atomic E-state index is 12.9. The summed E-state index contributed by atoms with van der Waals surface area (Å²) in [6.07, 6.45) is 0.753. The van der Waals surface area contributed by atoms with Crippen LogP contribution in [0.4, 0.5) is 0 Å². The number of aliphatic hydroxyl groups is 1. The number of benzene rings is 1. The van der Waals surface area contributed by atoms with Crippen molar-refractivity contribution < 1.29 is 28.7 Å². The zero-order chi connectivity index (χ0) is 22.7. The summed E-state index contributed by atoms with van der Waals surface area (Å²) in [4.78, 5) is 28.6. The molecule has 1 aliphatic heterocycles. The molecular weight excluding hydrogens is 396 g/mol. The summed E-state index contributed by atoms with van der Waals surface area (Å²) in [6, 6.07) is 9.62. The summed E-state index contributed by atoms with van der Waals surface area (Å²) in [5.74, 6) is 0.278. The van der Waals surface area contributed by atoms with Crippen LogP contribution < -0.4 is 9.64 Å². The van der Waals surface area contributed by atoms with Crippen LogP contribution in [0.5, 0.6) is 5.75 Å². The summed E-state index contributed by atoms with van der Waals surface area (Å²) in [5.41, 5.74) is 0.495. The van der Waals surface area contributed by atoms with E-state index in [1.54, 1.807) is 43.3 Å². The van der Waals surface area contributed by atoms with Crippen LogP contribution in [0.3, 0.4) is 0 Å². The van der Waals surface area contributed by atoms with Gasteiger partial charge >= 0.3 is 0 Å². The Morgan fingerprint density at radius 2 is 1.84 bits per heavy atom. The van der Waals surface area contributed by atoms with E-state index >= 15 is 0 Å². The van der Waals surface area contributed by atoms with Gasteiger partial charge in [0, 0.05) is 18.5 Å². The van der Waals surface area contributed by atoms with Crippen LogP contribution in [-0.2, 0) is 9.59 Å². The third-order valence-electron chi connectivity index (χ3n) is 5.15. The summed E-state index contributed by atoms with van der Waals surface area (Å²) in [5, 5.41) is 11.0. The lowest BCUT2D eigenvalue weighted by Gasteiger charge is -2.23. The average molecular weight is 428 g/mol. The summed E-state index contributed by atoms with van der Waals surface area (Å²) in [6.45, 7) is 6.91. The van der Waals surface area contributed by atoms with E-state index in [-0.39, 0.29) is 17.4 Å². The van der Waals surface area contributed by atoms with Crippen molar-refractivity contribution in [3.63, 3.8) is 0 Å². The molecule has 166 valence electrons. The summed E-state index contributed by atoms with van der Waals surface area (Å²) in [7, 11) is 4.07. The van der Waals surface area contributed by atoms with Gasteiger partial charge < -0.3 is 24.1 Å². The number of amides is 1. The molecule has 1 aromatic heterocycles. The van der Waals surface area contributed by atoms with E-state index in [1.165, 1.54) is 9.80 Å². The van der Waals surface area contributed by atoms with Gasteiger partial charge in [0.25, 0.3) is 11.7 Å². The highest BCUT2D eigenvalue weighted by atomic mass is 16.5. The number of nitrogens with one attached hydrogen (secondary N) is 1. The van der Waals surface area contributed by atoms with Crippen LogP contribution in [-0.4, -0.2) is 55.0 Å². The van der Waals surface area contributed by atoms with Crippen LogP contribution in [0.1, 0.15) is 43.4 Å². The second kappa shape index (κ2) is 9.39. The number of ether oxygens (including phenoxy) is 1. The Kier molecular flexibility index (Phi) is 6.85. The largest absolute Gasteiger partial charge is 0.507 e. The van der Waals surface area contributed by atoms with Crippen LogP contribution >= 0.6 is 0 Å². The van der Waals surface area contributed by atoms with Crippen molar-refractivity contribution in [2.24, 2.45) is 0 Å². The van der Waals surface area contributed by atoms with E-state index in [0.717, 1.165) is 13.0 Å². The lowest BCUT2D eigenvalue weighted by atomic mass is 9.99. The maximum absolute atomic E-state index is 12.9. The lowest BCUT2D eigenvalue weighted by Crippen LogP contribution is -3.05. The monoisotopic (exact) mass is 427 g/mol. The highest BCUT2D eigenvalue weighted by Gasteiger charge is 2.47. The zero-order valence-corrected chi connectivity index (χ0v) is 18.8. The second-order valence-electron chi connectivity index (χ2n) is 8.44. The van der Waals surface area contributed by atoms with Gasteiger partial charge in [0.05, 0.1) is 32.3 Å². The Morgan fingerprint density at radius 1 is 1.16 bits per heavy atom. The molecular formula is C24H31N2O5+. The van der Waals surface area contributed by atoms with Gasteiger partial charge in [-0.1, -0.05) is 0 Å². The standard InChI is InChI=1S/C24H30N2O5/c1-15(2)30-18-10-8-17(9-11-18)22(27)20-21(19-12-7-16(3)31-19)26(24(29)23(20)28)14-6-13-25(4)5/h7-12,15,21,27H,6,13-14H2,1-5H3/p+1/t21-/m0/s1. The van der Waals surface area contributed by atoms with Gasteiger partial charge in [-0.05, 0) is 57.2 Å². The predicted octanol–water partition coefficient (Wildman–Crippen LogP) is 2.33. The molecule has 1 fully saturated rings. The Morgan fingerprint density at radius 3 is 2.39 bits per heavy atom. The van der Waals surface area contributed by atoms with Gasteiger partial charge in [0.2, 0.25) is 0 Å². The molecule has 0 bridgehead atoms. The van der Waals surface area contributed by atoms with Crippen molar-refractivity contribution in [2.45, 2.75) is 39.3 Å². The van der Waals surface area contributed by atoms with Crippen LogP contribution in [0.15, 0.2) is 46.4 Å². The van der Waals surface area contributed by atoms with Crippen molar-refractivity contribution >= 4 is 17.4 Å². The SMILES string of the molecule is Cc1ccc([C@H]2C(=C(O)c3ccc(OC(C)C)cc3)C(=O)C(=O)N2CCC[NH+](C)C)o1. The van der Waals surface area contributed by atoms with E-state index in [1.807, 2.05) is 27.9 Å². The van der Waals surface area contributed by atoms with Gasteiger partial charge in [-0.25, -0.2) is 0 Å². The Balaban J connectivity index is 2.00. The molecule has 2 N–H and O–H groups in total. The number of rotatable bonds is 8. The summed E-state index contributed by atoms with van der Waals surface area (Å²) >= 11 is 0. The normalized spacial score (nSPS) is 18.4. The number of likely N-dealkylation sites (tertiary alicyclic amines) is 1. The average Bonchev–Trinajstić information content (AvgIpc) is 3.23. The van der Waals surface area contributed by atoms with Gasteiger partial charge in [0.15, 0.2) is 0 Å². The third kappa shape index (κ3) is 4.99. The maximum Gasteiger partial charge on any atom is 0.295 e. The van der Waals surface area contributed by atoms with Crippen molar-refractivity contribution in [1.82, 2.24) is 4.90 Å². The van der Waals surface area contributed by atoms with Crippen LogP contribution in [0, 0.1) is 6.92 Å². The molecule has 7 heteroatoms. The molecule has 2 heterocycles. The molecule has 2 aromatic rings. The lowest BCUT2D eigenvalue weighted by molar-refractivity contribution is -0.858. The number of carbonyl (C=O) groups excluding carboxylic acids is 2. The molecule has 0 spiro atoms. The molecule has 3 rings (SSSR count). The van der Waals surface area contributed by atoms with Gasteiger partial charge in [-0.15, -0.1) is 0 Å². The number of quaternary nitrogens is 1. The number of ketones is 1. The Bertz CT molecular complexity index is 972. The first kappa shape index (κ1) is 22.6. The molecule has 1 aromatic carbocycles. The number of Topliss-reactive ketones (excluding diaryl/α,β-unsaturated/α-hetero) is 1. The first-order chi connectivity index (χ1) is 14.7. The van der Waals surface area contributed by atoms with Crippen molar-refractivity contribution in [3.8, 4) is 5.75 Å². The topological polar surface area (TPSA) is 84.4 Å². The number of carbonyl (C=O) groups is 2. The minimum atomic E-state index is -0.752. The zero-order valence-electron chi connectivity index (χ0n) is 18.8. The molecule has 1 saturated heterocycles. The number of furan rings is 1. The molecule has 1 amide bonds. The molecule has 31 heavy (non-hydrogen) atoms. The molecule has 0 aliphatic carbocycles.